The molecule has 0 amide bonds. The SMILES string of the molecule is CC(C(O)c1ccc2[nH]c(=O)[nH]c2c1)N1CCC(O)(c2cccs2)CC1. The Bertz CT molecular complexity index is 939. The van der Waals surface area contributed by atoms with Gasteiger partial charge in [-0.2, -0.15) is 0 Å². The van der Waals surface area contributed by atoms with Gasteiger partial charge in [0.05, 0.1) is 17.1 Å². The number of nitrogens with one attached hydrogen (secondary N) is 2. The molecule has 1 saturated heterocycles. The zero-order valence-corrected chi connectivity index (χ0v) is 15.4. The van der Waals surface area contributed by atoms with E-state index in [2.05, 4.69) is 14.9 Å². The minimum Gasteiger partial charge on any atom is -0.387 e. The van der Waals surface area contributed by atoms with Crippen LogP contribution in [0.15, 0.2) is 40.5 Å². The van der Waals surface area contributed by atoms with Gasteiger partial charge in [0.25, 0.3) is 0 Å². The molecule has 7 heteroatoms. The summed E-state index contributed by atoms with van der Waals surface area (Å²) in [6.07, 6.45) is 0.662. The fourth-order valence-corrected chi connectivity index (χ4v) is 4.69. The molecule has 1 fully saturated rings. The third-order valence-electron chi connectivity index (χ3n) is 5.52. The summed E-state index contributed by atoms with van der Waals surface area (Å²) in [5.74, 6) is 0. The van der Waals surface area contributed by atoms with E-state index in [0.29, 0.717) is 18.4 Å². The lowest BCUT2D eigenvalue weighted by atomic mass is 9.88. The highest BCUT2D eigenvalue weighted by molar-refractivity contribution is 7.10. The zero-order chi connectivity index (χ0) is 18.3. The van der Waals surface area contributed by atoms with Crippen molar-refractivity contribution in [3.8, 4) is 0 Å². The Kier molecular flexibility index (Phi) is 4.48. The largest absolute Gasteiger partial charge is 0.387 e. The number of piperidine rings is 1. The van der Waals surface area contributed by atoms with Crippen LogP contribution in [-0.2, 0) is 5.60 Å². The molecule has 1 aromatic carbocycles. The van der Waals surface area contributed by atoms with E-state index >= 15 is 0 Å². The average Bonchev–Trinajstić information content (AvgIpc) is 3.29. The van der Waals surface area contributed by atoms with Gasteiger partial charge < -0.3 is 20.2 Å². The quantitative estimate of drug-likeness (QED) is 0.565. The molecule has 3 aromatic rings. The van der Waals surface area contributed by atoms with E-state index in [1.54, 1.807) is 11.3 Å². The van der Waals surface area contributed by atoms with Crippen LogP contribution in [0.3, 0.4) is 0 Å². The highest BCUT2D eigenvalue weighted by Crippen LogP contribution is 2.37. The second kappa shape index (κ2) is 6.66. The summed E-state index contributed by atoms with van der Waals surface area (Å²) >= 11 is 1.59. The molecular formula is C19H23N3O3S. The number of H-pyrrole nitrogens is 2. The van der Waals surface area contributed by atoms with Crippen molar-refractivity contribution in [2.45, 2.75) is 37.5 Å². The molecule has 2 aromatic heterocycles. The first-order valence-electron chi connectivity index (χ1n) is 8.87. The summed E-state index contributed by atoms with van der Waals surface area (Å²) in [7, 11) is 0. The van der Waals surface area contributed by atoms with Gasteiger partial charge >= 0.3 is 5.69 Å². The number of aromatic nitrogens is 2. The van der Waals surface area contributed by atoms with Gasteiger partial charge in [-0.1, -0.05) is 12.1 Å². The standard InChI is InChI=1S/C19H23N3O3S/c1-12(17(23)13-4-5-14-15(11-13)21-18(24)20-14)22-8-6-19(25,7-9-22)16-3-2-10-26-16/h2-5,10-12,17,23,25H,6-9H2,1H3,(H2,20,21,24). The molecule has 0 spiro atoms. The van der Waals surface area contributed by atoms with Crippen molar-refractivity contribution in [1.29, 1.82) is 0 Å². The van der Waals surface area contributed by atoms with Crippen molar-refractivity contribution >= 4 is 22.4 Å². The second-order valence-electron chi connectivity index (χ2n) is 7.11. The van der Waals surface area contributed by atoms with E-state index < -0.39 is 11.7 Å². The summed E-state index contributed by atoms with van der Waals surface area (Å²) < 4.78 is 0. The van der Waals surface area contributed by atoms with Crippen molar-refractivity contribution in [1.82, 2.24) is 14.9 Å². The van der Waals surface area contributed by atoms with Gasteiger partial charge in [0.15, 0.2) is 0 Å². The van der Waals surface area contributed by atoms with Crippen molar-refractivity contribution in [3.05, 3.63) is 56.6 Å². The van der Waals surface area contributed by atoms with E-state index in [1.807, 2.05) is 42.6 Å². The maximum Gasteiger partial charge on any atom is 0.323 e. The Morgan fingerprint density at radius 2 is 1.92 bits per heavy atom. The normalized spacial score (nSPS) is 20.3. The molecule has 0 aliphatic carbocycles. The Hall–Kier alpha value is -1.93. The van der Waals surface area contributed by atoms with Crippen molar-refractivity contribution in [3.63, 3.8) is 0 Å². The molecule has 138 valence electrons. The minimum atomic E-state index is -0.751. The molecule has 2 atom stereocenters. The third kappa shape index (κ3) is 3.12. The van der Waals surface area contributed by atoms with Gasteiger partial charge in [-0.3, -0.25) is 4.90 Å². The number of thiophene rings is 1. The highest BCUT2D eigenvalue weighted by Gasteiger charge is 2.37. The van der Waals surface area contributed by atoms with Crippen molar-refractivity contribution in [2.75, 3.05) is 13.1 Å². The summed E-state index contributed by atoms with van der Waals surface area (Å²) in [5.41, 5.74) is 1.21. The first kappa shape index (κ1) is 17.5. The lowest BCUT2D eigenvalue weighted by Gasteiger charge is -2.41. The van der Waals surface area contributed by atoms with E-state index in [0.717, 1.165) is 29.0 Å². The molecule has 2 unspecified atom stereocenters. The molecule has 3 heterocycles. The van der Waals surface area contributed by atoms with Crippen LogP contribution in [0.2, 0.25) is 0 Å². The number of hydrogen-bond donors (Lipinski definition) is 4. The summed E-state index contributed by atoms with van der Waals surface area (Å²) in [5, 5.41) is 23.7. The van der Waals surface area contributed by atoms with Gasteiger partial charge in [0.2, 0.25) is 0 Å². The van der Waals surface area contributed by atoms with Crippen LogP contribution in [0.5, 0.6) is 0 Å². The summed E-state index contributed by atoms with van der Waals surface area (Å²) in [4.78, 5) is 20.1. The predicted octanol–water partition coefficient (Wildman–Crippen LogP) is 2.32. The molecule has 4 N–H and O–H groups in total. The van der Waals surface area contributed by atoms with Crippen LogP contribution < -0.4 is 5.69 Å². The fourth-order valence-electron chi connectivity index (χ4n) is 3.80. The molecule has 1 aliphatic heterocycles. The average molecular weight is 373 g/mol. The van der Waals surface area contributed by atoms with Gasteiger partial charge in [0.1, 0.15) is 5.60 Å². The fraction of sp³-hybridized carbons (Fsp3) is 0.421. The summed E-state index contributed by atoms with van der Waals surface area (Å²) in [6.45, 7) is 3.47. The maximum absolute atomic E-state index is 11.4. The Morgan fingerprint density at radius 1 is 1.19 bits per heavy atom. The molecule has 1 aliphatic rings. The first-order chi connectivity index (χ1) is 12.5. The molecule has 26 heavy (non-hydrogen) atoms. The van der Waals surface area contributed by atoms with Crippen molar-refractivity contribution < 1.29 is 10.2 Å². The van der Waals surface area contributed by atoms with Gasteiger partial charge in [0, 0.05) is 24.0 Å². The second-order valence-corrected chi connectivity index (χ2v) is 8.06. The lowest BCUT2D eigenvalue weighted by molar-refractivity contribution is -0.0479. The third-order valence-corrected chi connectivity index (χ3v) is 6.58. The summed E-state index contributed by atoms with van der Waals surface area (Å²) in [6, 6.07) is 9.36. The van der Waals surface area contributed by atoms with Crippen LogP contribution in [0.1, 0.15) is 36.3 Å². The van der Waals surface area contributed by atoms with Crippen LogP contribution in [0.4, 0.5) is 0 Å². The van der Waals surface area contributed by atoms with E-state index in [-0.39, 0.29) is 11.7 Å². The maximum atomic E-state index is 11.4. The van der Waals surface area contributed by atoms with Crippen molar-refractivity contribution in [2.24, 2.45) is 0 Å². The molecule has 4 rings (SSSR count). The first-order valence-corrected chi connectivity index (χ1v) is 9.75. The number of likely N-dealkylation sites (tertiary alicyclic amines) is 1. The Labute approximate surface area is 155 Å². The van der Waals surface area contributed by atoms with E-state index in [4.69, 9.17) is 0 Å². The van der Waals surface area contributed by atoms with Crippen LogP contribution in [0.25, 0.3) is 11.0 Å². The van der Waals surface area contributed by atoms with Gasteiger partial charge in [-0.25, -0.2) is 4.79 Å². The Balaban J connectivity index is 1.47. The molecule has 0 bridgehead atoms. The number of hydrogen-bond acceptors (Lipinski definition) is 5. The molecule has 0 radical (unpaired) electrons. The molecule has 0 saturated carbocycles. The number of aliphatic hydroxyl groups is 2. The van der Waals surface area contributed by atoms with Gasteiger partial charge in [-0.05, 0) is 48.9 Å². The molecular weight excluding hydrogens is 350 g/mol. The number of fused-ring (bicyclic) bond motifs is 1. The van der Waals surface area contributed by atoms with Crippen LogP contribution >= 0.6 is 11.3 Å². The number of imidazole rings is 1. The topological polar surface area (TPSA) is 92.3 Å². The number of aliphatic hydroxyl groups excluding tert-OH is 1. The van der Waals surface area contributed by atoms with Gasteiger partial charge in [-0.15, -0.1) is 11.3 Å². The highest BCUT2D eigenvalue weighted by atomic mass is 32.1. The lowest BCUT2D eigenvalue weighted by Crippen LogP contribution is -2.47. The smallest absolute Gasteiger partial charge is 0.323 e. The predicted molar refractivity (Wildman–Crippen MR) is 102 cm³/mol. The number of aromatic amines is 2. The monoisotopic (exact) mass is 373 g/mol. The van der Waals surface area contributed by atoms with E-state index in [1.165, 1.54) is 0 Å². The minimum absolute atomic E-state index is 0.0778. The van der Waals surface area contributed by atoms with E-state index in [9.17, 15) is 15.0 Å². The number of rotatable bonds is 4. The number of nitrogens with zero attached hydrogens (tertiary/aromatic N) is 1. The molecule has 6 nitrogen and oxygen atoms in total. The van der Waals surface area contributed by atoms with Crippen LogP contribution in [-0.4, -0.2) is 44.2 Å². The zero-order valence-electron chi connectivity index (χ0n) is 14.6. The Morgan fingerprint density at radius 3 is 2.62 bits per heavy atom. The number of benzene rings is 1. The van der Waals surface area contributed by atoms with Crippen LogP contribution in [0, 0.1) is 0 Å².